The number of halogens is 1. The average Bonchev–Trinajstić information content (AvgIpc) is 2.34. The molecule has 0 amide bonds. The topological polar surface area (TPSA) is 81.9 Å². The molecule has 0 aromatic rings. The van der Waals surface area contributed by atoms with Crippen LogP contribution in [0.3, 0.4) is 0 Å². The number of rotatable bonds is 4. The zero-order valence-electron chi connectivity index (χ0n) is 11.6. The number of carboxylic acid groups (broad SMARTS) is 1. The van der Waals surface area contributed by atoms with Crippen LogP contribution in [0.5, 0.6) is 0 Å². The molecular weight excluding hydrogens is 251 g/mol. The van der Waals surface area contributed by atoms with Crippen molar-refractivity contribution in [2.45, 2.75) is 38.7 Å². The lowest BCUT2D eigenvalue weighted by Gasteiger charge is -2.31. The fourth-order valence-electron chi connectivity index (χ4n) is 1.95. The molecule has 0 saturated carbocycles. The predicted octanol–water partition coefficient (Wildman–Crippen LogP) is 0.989. The van der Waals surface area contributed by atoms with E-state index in [1.165, 1.54) is 19.9 Å². The summed E-state index contributed by atoms with van der Waals surface area (Å²) in [5, 5.41) is 21.3. The molecule has 1 aliphatic carbocycles. The van der Waals surface area contributed by atoms with Crippen molar-refractivity contribution in [1.82, 2.24) is 5.32 Å². The SMILES string of the molecule is CNC(O)C1C=CC(=NC(C)(C)C(=O)O)C(C)C1F. The standard InChI is InChI=1S/C13H21FN2O3/c1-7-9(16-13(2,3)12(18)19)6-5-8(10(7)14)11(17)15-4/h5-8,10-11,15,17H,1-4H3,(H,18,19). The van der Waals surface area contributed by atoms with E-state index in [1.54, 1.807) is 20.0 Å². The van der Waals surface area contributed by atoms with Crippen molar-refractivity contribution < 1.29 is 19.4 Å². The molecule has 19 heavy (non-hydrogen) atoms. The molecule has 0 aromatic heterocycles. The summed E-state index contributed by atoms with van der Waals surface area (Å²) in [5.74, 6) is -2.28. The summed E-state index contributed by atoms with van der Waals surface area (Å²) in [6.07, 6.45) is 0.845. The highest BCUT2D eigenvalue weighted by Gasteiger charge is 2.37. The van der Waals surface area contributed by atoms with Crippen LogP contribution in [0.4, 0.5) is 4.39 Å². The van der Waals surface area contributed by atoms with E-state index in [0.29, 0.717) is 5.71 Å². The first-order chi connectivity index (χ1) is 8.70. The minimum absolute atomic E-state index is 0.402. The number of aliphatic hydroxyl groups is 1. The summed E-state index contributed by atoms with van der Waals surface area (Å²) in [4.78, 5) is 15.1. The van der Waals surface area contributed by atoms with E-state index in [-0.39, 0.29) is 0 Å². The smallest absolute Gasteiger partial charge is 0.330 e. The second kappa shape index (κ2) is 5.79. The van der Waals surface area contributed by atoms with Gasteiger partial charge in [-0.25, -0.2) is 9.18 Å². The molecule has 6 heteroatoms. The lowest BCUT2D eigenvalue weighted by Crippen LogP contribution is -2.44. The fraction of sp³-hybridized carbons (Fsp3) is 0.692. The zero-order chi connectivity index (χ0) is 14.8. The van der Waals surface area contributed by atoms with Crippen molar-refractivity contribution in [3.63, 3.8) is 0 Å². The quantitative estimate of drug-likeness (QED) is 0.667. The Morgan fingerprint density at radius 2 is 2.16 bits per heavy atom. The van der Waals surface area contributed by atoms with E-state index in [0.717, 1.165) is 0 Å². The summed E-state index contributed by atoms with van der Waals surface area (Å²) < 4.78 is 14.2. The van der Waals surface area contributed by atoms with Crippen LogP contribution in [-0.2, 0) is 4.79 Å². The normalized spacial score (nSPS) is 31.5. The largest absolute Gasteiger partial charge is 0.479 e. The van der Waals surface area contributed by atoms with Gasteiger partial charge in [0.15, 0.2) is 5.54 Å². The number of carbonyl (C=O) groups is 1. The van der Waals surface area contributed by atoms with Crippen LogP contribution in [0.1, 0.15) is 20.8 Å². The summed E-state index contributed by atoms with van der Waals surface area (Å²) in [5.41, 5.74) is -0.887. The first-order valence-corrected chi connectivity index (χ1v) is 6.21. The Bertz CT molecular complexity index is 407. The van der Waals surface area contributed by atoms with Crippen molar-refractivity contribution in [3.05, 3.63) is 12.2 Å². The minimum Gasteiger partial charge on any atom is -0.479 e. The first-order valence-electron chi connectivity index (χ1n) is 6.21. The Balaban J connectivity index is 3.03. The molecule has 0 heterocycles. The number of aliphatic hydroxyl groups excluding tert-OH is 1. The van der Waals surface area contributed by atoms with Crippen molar-refractivity contribution in [2.24, 2.45) is 16.8 Å². The van der Waals surface area contributed by atoms with Gasteiger partial charge in [-0.15, -0.1) is 0 Å². The number of allylic oxidation sites excluding steroid dienone is 1. The number of hydrogen-bond acceptors (Lipinski definition) is 4. The summed E-state index contributed by atoms with van der Waals surface area (Å²) in [6.45, 7) is 4.57. The van der Waals surface area contributed by atoms with Gasteiger partial charge in [-0.2, -0.15) is 0 Å². The van der Waals surface area contributed by atoms with Crippen molar-refractivity contribution in [3.8, 4) is 0 Å². The molecule has 0 radical (unpaired) electrons. The van der Waals surface area contributed by atoms with Crippen molar-refractivity contribution in [2.75, 3.05) is 7.05 Å². The van der Waals surface area contributed by atoms with E-state index in [9.17, 15) is 14.3 Å². The number of aliphatic carboxylic acids is 1. The van der Waals surface area contributed by atoms with E-state index in [1.807, 2.05) is 0 Å². The molecule has 1 aliphatic rings. The summed E-state index contributed by atoms with van der Waals surface area (Å²) in [6, 6.07) is 0. The van der Waals surface area contributed by atoms with Crippen LogP contribution >= 0.6 is 0 Å². The molecule has 5 nitrogen and oxygen atoms in total. The number of carboxylic acids is 1. The van der Waals surface area contributed by atoms with E-state index in [2.05, 4.69) is 10.3 Å². The number of alkyl halides is 1. The van der Waals surface area contributed by atoms with Crippen LogP contribution in [-0.4, -0.2) is 46.9 Å². The van der Waals surface area contributed by atoms with Gasteiger partial charge >= 0.3 is 5.97 Å². The van der Waals surface area contributed by atoms with Gasteiger partial charge < -0.3 is 10.2 Å². The van der Waals surface area contributed by atoms with E-state index in [4.69, 9.17) is 5.11 Å². The van der Waals surface area contributed by atoms with Gasteiger partial charge in [-0.3, -0.25) is 10.3 Å². The highest BCUT2D eigenvalue weighted by Crippen LogP contribution is 2.28. The fourth-order valence-corrected chi connectivity index (χ4v) is 1.95. The van der Waals surface area contributed by atoms with Crippen LogP contribution in [0, 0.1) is 11.8 Å². The monoisotopic (exact) mass is 272 g/mol. The zero-order valence-corrected chi connectivity index (χ0v) is 11.6. The Labute approximate surface area is 112 Å². The third-order valence-electron chi connectivity index (χ3n) is 3.39. The molecule has 0 aliphatic heterocycles. The Morgan fingerprint density at radius 1 is 1.58 bits per heavy atom. The molecule has 108 valence electrons. The second-order valence-corrected chi connectivity index (χ2v) is 5.30. The molecule has 0 fully saturated rings. The second-order valence-electron chi connectivity index (χ2n) is 5.30. The number of hydrogen-bond donors (Lipinski definition) is 3. The predicted molar refractivity (Wildman–Crippen MR) is 70.9 cm³/mol. The molecule has 0 aromatic carbocycles. The average molecular weight is 272 g/mol. The molecule has 1 rings (SSSR count). The van der Waals surface area contributed by atoms with Gasteiger partial charge in [0.1, 0.15) is 12.4 Å². The van der Waals surface area contributed by atoms with Gasteiger partial charge in [-0.1, -0.05) is 13.0 Å². The van der Waals surface area contributed by atoms with Crippen LogP contribution in [0.15, 0.2) is 17.1 Å². The maximum absolute atomic E-state index is 14.2. The van der Waals surface area contributed by atoms with Gasteiger partial charge in [0.2, 0.25) is 0 Å². The number of aliphatic imine (C=N–C) groups is 1. The molecular formula is C13H21FN2O3. The lowest BCUT2D eigenvalue weighted by molar-refractivity contribution is -0.141. The van der Waals surface area contributed by atoms with Crippen LogP contribution in [0.25, 0.3) is 0 Å². The number of nitrogens with zero attached hydrogens (tertiary/aromatic N) is 1. The Kier molecular flexibility index (Phi) is 4.81. The number of nitrogens with one attached hydrogen (secondary N) is 1. The third-order valence-corrected chi connectivity index (χ3v) is 3.39. The summed E-state index contributed by atoms with van der Waals surface area (Å²) in [7, 11) is 1.55. The van der Waals surface area contributed by atoms with Gasteiger partial charge in [0, 0.05) is 17.5 Å². The maximum Gasteiger partial charge on any atom is 0.330 e. The van der Waals surface area contributed by atoms with Crippen LogP contribution in [0.2, 0.25) is 0 Å². The summed E-state index contributed by atoms with van der Waals surface area (Å²) >= 11 is 0. The molecule has 0 saturated heterocycles. The minimum atomic E-state index is -1.31. The molecule has 0 spiro atoms. The molecule has 4 atom stereocenters. The maximum atomic E-state index is 14.2. The molecule has 0 bridgehead atoms. The van der Waals surface area contributed by atoms with E-state index < -0.39 is 35.7 Å². The van der Waals surface area contributed by atoms with Gasteiger partial charge in [0.25, 0.3) is 0 Å². The molecule has 4 unspecified atom stereocenters. The van der Waals surface area contributed by atoms with Crippen molar-refractivity contribution in [1.29, 1.82) is 0 Å². The Morgan fingerprint density at radius 3 is 2.63 bits per heavy atom. The highest BCUT2D eigenvalue weighted by atomic mass is 19.1. The Hall–Kier alpha value is -1.27. The third kappa shape index (κ3) is 3.39. The van der Waals surface area contributed by atoms with E-state index >= 15 is 0 Å². The highest BCUT2D eigenvalue weighted by molar-refractivity contribution is 5.99. The first kappa shape index (κ1) is 15.8. The van der Waals surface area contributed by atoms with Crippen LogP contribution < -0.4 is 5.32 Å². The van der Waals surface area contributed by atoms with Gasteiger partial charge in [-0.05, 0) is 27.0 Å². The van der Waals surface area contributed by atoms with Gasteiger partial charge in [0.05, 0.1) is 0 Å². The molecule has 3 N–H and O–H groups in total. The van der Waals surface area contributed by atoms with Crippen molar-refractivity contribution >= 4 is 11.7 Å². The lowest BCUT2D eigenvalue weighted by atomic mass is 9.83.